The van der Waals surface area contributed by atoms with E-state index in [0.29, 0.717) is 5.25 Å². The van der Waals surface area contributed by atoms with Crippen molar-refractivity contribution in [3.63, 3.8) is 0 Å². The molecule has 0 spiro atoms. The first-order valence-electron chi connectivity index (χ1n) is 10.00. The molecule has 5 rings (SSSR count). The van der Waals surface area contributed by atoms with Gasteiger partial charge < -0.3 is 15.0 Å². The number of phenolic OH excluding ortho intramolecular Hbond substituents is 1. The predicted molar refractivity (Wildman–Crippen MR) is 112 cm³/mol. The van der Waals surface area contributed by atoms with Crippen LogP contribution in [0.1, 0.15) is 39.5 Å². The average Bonchev–Trinajstić information content (AvgIpc) is 3.30. The van der Waals surface area contributed by atoms with Crippen molar-refractivity contribution in [3.8, 4) is 22.8 Å². The third-order valence-corrected chi connectivity index (χ3v) is 7.20. The summed E-state index contributed by atoms with van der Waals surface area (Å²) in [5, 5.41) is 23.8. The van der Waals surface area contributed by atoms with Gasteiger partial charge in [0.1, 0.15) is 16.6 Å². The highest BCUT2D eigenvalue weighted by atomic mass is 32.2. The topological polar surface area (TPSA) is 88.8 Å². The highest BCUT2D eigenvalue weighted by molar-refractivity contribution is 7.99. The molecule has 0 amide bonds. The fraction of sp³-hybridized carbons (Fsp3) is 0.429. The average molecular weight is 427 g/mol. The Kier molecular flexibility index (Phi) is 4.55. The Hall–Kier alpha value is -2.52. The Bertz CT molecular complexity index is 1060. The molecule has 0 aliphatic carbocycles. The van der Waals surface area contributed by atoms with E-state index in [1.54, 1.807) is 30.4 Å². The Morgan fingerprint density at radius 2 is 1.97 bits per heavy atom. The van der Waals surface area contributed by atoms with Gasteiger partial charge in [0.2, 0.25) is 0 Å². The highest BCUT2D eigenvalue weighted by Gasteiger charge is 2.48. The number of hydrogen-bond donors (Lipinski definition) is 2. The summed E-state index contributed by atoms with van der Waals surface area (Å²) in [5.41, 5.74) is 0.786. The molecule has 9 heteroatoms. The maximum absolute atomic E-state index is 14.6. The summed E-state index contributed by atoms with van der Waals surface area (Å²) in [5.74, 6) is -0.426. The molecule has 2 aliphatic rings. The van der Waals surface area contributed by atoms with Crippen LogP contribution in [0.5, 0.6) is 5.75 Å². The summed E-state index contributed by atoms with van der Waals surface area (Å²) in [4.78, 5) is 8.24. The molecule has 30 heavy (non-hydrogen) atoms. The summed E-state index contributed by atoms with van der Waals surface area (Å²) in [6.07, 6.45) is 10.8. The zero-order valence-electron chi connectivity index (χ0n) is 16.8. The molecule has 2 unspecified atom stereocenters. The number of aromatic nitrogens is 5. The number of hydrogen-bond acceptors (Lipinski definition) is 7. The highest BCUT2D eigenvalue weighted by Crippen LogP contribution is 2.46. The number of halogens is 1. The van der Waals surface area contributed by atoms with E-state index in [1.807, 2.05) is 0 Å². The number of nitrogens with zero attached hydrogens (tertiary/aromatic N) is 5. The van der Waals surface area contributed by atoms with E-state index in [-0.39, 0.29) is 33.9 Å². The molecule has 2 atom stereocenters. The van der Waals surface area contributed by atoms with Gasteiger partial charge in [-0.15, -0.1) is 10.2 Å². The lowest BCUT2D eigenvalue weighted by Gasteiger charge is -2.41. The largest absolute Gasteiger partial charge is 0.507 e. The molecule has 2 bridgehead atoms. The van der Waals surface area contributed by atoms with Crippen molar-refractivity contribution in [1.82, 2.24) is 30.0 Å². The molecule has 156 valence electrons. The van der Waals surface area contributed by atoms with Crippen LogP contribution in [0.2, 0.25) is 0 Å². The molecule has 2 fully saturated rings. The van der Waals surface area contributed by atoms with Crippen molar-refractivity contribution in [2.45, 2.75) is 60.9 Å². The van der Waals surface area contributed by atoms with Gasteiger partial charge in [0.05, 0.1) is 23.8 Å². The second-order valence-electron chi connectivity index (χ2n) is 8.81. The molecule has 1 aromatic carbocycles. The van der Waals surface area contributed by atoms with Crippen LogP contribution in [0.25, 0.3) is 17.1 Å². The maximum atomic E-state index is 14.6. The van der Waals surface area contributed by atoms with Crippen molar-refractivity contribution in [2.24, 2.45) is 0 Å². The van der Waals surface area contributed by atoms with E-state index in [2.05, 4.69) is 39.3 Å². The Morgan fingerprint density at radius 3 is 2.60 bits per heavy atom. The molecule has 3 aromatic rings. The lowest BCUT2D eigenvalue weighted by atomic mass is 9.88. The normalized spacial score (nSPS) is 28.0. The molecule has 2 N–H and O–H groups in total. The Morgan fingerprint density at radius 1 is 1.20 bits per heavy atom. The molecular formula is C21H23FN6OS. The Balaban J connectivity index is 1.35. The molecule has 2 saturated heterocycles. The van der Waals surface area contributed by atoms with E-state index in [9.17, 15) is 9.50 Å². The molecule has 4 heterocycles. The quantitative estimate of drug-likeness (QED) is 0.657. The van der Waals surface area contributed by atoms with Crippen molar-refractivity contribution in [3.05, 3.63) is 42.9 Å². The zero-order valence-corrected chi connectivity index (χ0v) is 17.7. The molecular weight excluding hydrogens is 403 g/mol. The Labute approximate surface area is 178 Å². The van der Waals surface area contributed by atoms with Crippen LogP contribution in [0.3, 0.4) is 0 Å². The van der Waals surface area contributed by atoms with E-state index in [4.69, 9.17) is 0 Å². The SMILES string of the molecule is CC12CCC(C)(CC(Sc3cnc(-c4cc(F)c(-n5ccnc5)cc4O)nn3)C1)N2. The third kappa shape index (κ3) is 3.56. The first-order chi connectivity index (χ1) is 14.3. The van der Waals surface area contributed by atoms with Gasteiger partial charge >= 0.3 is 0 Å². The van der Waals surface area contributed by atoms with Gasteiger partial charge in [-0.1, -0.05) is 11.8 Å². The van der Waals surface area contributed by atoms with Crippen LogP contribution >= 0.6 is 11.8 Å². The van der Waals surface area contributed by atoms with Gasteiger partial charge in [-0.05, 0) is 45.6 Å². The van der Waals surface area contributed by atoms with Gasteiger partial charge in [-0.25, -0.2) is 14.4 Å². The van der Waals surface area contributed by atoms with E-state index in [0.717, 1.165) is 17.9 Å². The van der Waals surface area contributed by atoms with Gasteiger partial charge in [0.25, 0.3) is 0 Å². The number of piperidine rings is 1. The van der Waals surface area contributed by atoms with Crippen LogP contribution in [0.15, 0.2) is 42.1 Å². The minimum Gasteiger partial charge on any atom is -0.507 e. The van der Waals surface area contributed by atoms with Gasteiger partial charge in [-0.2, -0.15) is 0 Å². The second-order valence-corrected chi connectivity index (χ2v) is 10.1. The van der Waals surface area contributed by atoms with E-state index >= 15 is 0 Å². The number of thioether (sulfide) groups is 1. The molecule has 2 aromatic heterocycles. The van der Waals surface area contributed by atoms with Crippen LogP contribution < -0.4 is 5.32 Å². The van der Waals surface area contributed by atoms with Crippen LogP contribution in [0, 0.1) is 5.82 Å². The number of imidazole rings is 1. The minimum atomic E-state index is -0.505. The number of fused-ring (bicyclic) bond motifs is 2. The second kappa shape index (κ2) is 7.02. The lowest BCUT2D eigenvalue weighted by molar-refractivity contribution is 0.241. The van der Waals surface area contributed by atoms with Gasteiger partial charge in [0, 0.05) is 34.8 Å². The van der Waals surface area contributed by atoms with Crippen LogP contribution in [0.4, 0.5) is 4.39 Å². The maximum Gasteiger partial charge on any atom is 0.185 e. The fourth-order valence-electron chi connectivity index (χ4n) is 4.81. The first kappa shape index (κ1) is 19.4. The van der Waals surface area contributed by atoms with Crippen LogP contribution in [-0.2, 0) is 0 Å². The predicted octanol–water partition coefficient (Wildman–Crippen LogP) is 3.72. The van der Waals surface area contributed by atoms with Gasteiger partial charge in [-0.3, -0.25) is 0 Å². The smallest absolute Gasteiger partial charge is 0.185 e. The number of nitrogens with one attached hydrogen (secondary N) is 1. The zero-order chi connectivity index (χ0) is 20.9. The monoisotopic (exact) mass is 426 g/mol. The number of rotatable bonds is 4. The molecule has 7 nitrogen and oxygen atoms in total. The van der Waals surface area contributed by atoms with Crippen LogP contribution in [-0.4, -0.2) is 46.2 Å². The number of aromatic hydroxyl groups is 1. The minimum absolute atomic E-state index is 0.113. The summed E-state index contributed by atoms with van der Waals surface area (Å²) in [6, 6.07) is 2.56. The number of phenols is 1. The summed E-state index contributed by atoms with van der Waals surface area (Å²) < 4.78 is 16.1. The fourth-order valence-corrected chi connectivity index (χ4v) is 6.26. The van der Waals surface area contributed by atoms with Gasteiger partial charge in [0.15, 0.2) is 5.82 Å². The van der Waals surface area contributed by atoms with E-state index in [1.165, 1.54) is 35.9 Å². The third-order valence-electron chi connectivity index (χ3n) is 6.11. The molecule has 2 aliphatic heterocycles. The molecule has 0 radical (unpaired) electrons. The summed E-state index contributed by atoms with van der Waals surface area (Å²) in [7, 11) is 0. The summed E-state index contributed by atoms with van der Waals surface area (Å²) in [6.45, 7) is 4.59. The number of benzene rings is 1. The van der Waals surface area contributed by atoms with E-state index < -0.39 is 5.82 Å². The standard InChI is InChI=1S/C21H23FN6OS/c1-20-3-4-21(2,27-20)10-13(9-20)30-18-11-24-19(26-25-18)14-7-15(22)16(8-17(14)29)28-6-5-23-12-28/h5-8,11-13,27,29H,3-4,9-10H2,1-2H3. The van der Waals surface area contributed by atoms with Crippen molar-refractivity contribution in [1.29, 1.82) is 0 Å². The summed E-state index contributed by atoms with van der Waals surface area (Å²) >= 11 is 1.70. The molecule has 0 saturated carbocycles. The first-order valence-corrected chi connectivity index (χ1v) is 10.9. The van der Waals surface area contributed by atoms with Crippen molar-refractivity contribution < 1.29 is 9.50 Å². The lowest BCUT2D eigenvalue weighted by Crippen LogP contribution is -2.54. The van der Waals surface area contributed by atoms with Crippen molar-refractivity contribution in [2.75, 3.05) is 0 Å². The van der Waals surface area contributed by atoms with Crippen molar-refractivity contribution >= 4 is 11.8 Å².